The summed E-state index contributed by atoms with van der Waals surface area (Å²) in [5, 5.41) is 24.0. The van der Waals surface area contributed by atoms with Crippen LogP contribution in [0.15, 0.2) is 66.7 Å². The summed E-state index contributed by atoms with van der Waals surface area (Å²) < 4.78 is 0. The highest BCUT2D eigenvalue weighted by molar-refractivity contribution is 7.12. The van der Waals surface area contributed by atoms with Gasteiger partial charge in [0.15, 0.2) is 12.2 Å². The number of hydrogen-bond acceptors (Lipinski definition) is 5. The minimum atomic E-state index is -1.85. The molecule has 0 spiro atoms. The number of halogens is 1. The monoisotopic (exact) mass is 498 g/mol. The topological polar surface area (TPSA) is 89.9 Å². The number of nitrogens with zero attached hydrogens (tertiary/aromatic N) is 1. The Hall–Kier alpha value is -2.71. The first-order valence-electron chi connectivity index (χ1n) is 11.2. The third kappa shape index (κ3) is 5.85. The minimum Gasteiger partial charge on any atom is -0.380 e. The maximum Gasteiger partial charge on any atom is 0.255 e. The van der Waals surface area contributed by atoms with Crippen LogP contribution in [0.25, 0.3) is 0 Å². The first-order chi connectivity index (χ1) is 16.4. The van der Waals surface area contributed by atoms with E-state index < -0.39 is 24.0 Å². The number of benzene rings is 2. The van der Waals surface area contributed by atoms with Gasteiger partial charge in [0, 0.05) is 27.7 Å². The Labute approximate surface area is 207 Å². The maximum atomic E-state index is 12.9. The van der Waals surface area contributed by atoms with Crippen molar-refractivity contribution in [1.82, 2.24) is 10.2 Å². The zero-order chi connectivity index (χ0) is 24.1. The van der Waals surface area contributed by atoms with Crippen molar-refractivity contribution in [3.63, 3.8) is 0 Å². The lowest BCUT2D eigenvalue weighted by Gasteiger charge is -2.28. The molecule has 2 amide bonds. The maximum absolute atomic E-state index is 12.9. The van der Waals surface area contributed by atoms with Crippen LogP contribution in [0, 0.1) is 0 Å². The normalized spacial score (nSPS) is 17.4. The number of likely N-dealkylation sites (tertiary alicyclic amines) is 1. The lowest BCUT2D eigenvalue weighted by atomic mass is 10.0. The summed E-state index contributed by atoms with van der Waals surface area (Å²) in [6.07, 6.45) is -1.39. The summed E-state index contributed by atoms with van der Waals surface area (Å²) in [7, 11) is 0. The van der Waals surface area contributed by atoms with Crippen LogP contribution in [-0.2, 0) is 22.6 Å². The number of carbonyl (C=O) groups is 2. The molecule has 3 N–H and O–H groups in total. The Morgan fingerprint density at radius 1 is 1.03 bits per heavy atom. The Morgan fingerprint density at radius 3 is 2.56 bits per heavy atom. The average molecular weight is 499 g/mol. The van der Waals surface area contributed by atoms with E-state index in [1.54, 1.807) is 23.5 Å². The minimum absolute atomic E-state index is 0.213. The molecule has 1 aliphatic heterocycles. The van der Waals surface area contributed by atoms with Crippen molar-refractivity contribution in [2.75, 3.05) is 6.54 Å². The van der Waals surface area contributed by atoms with E-state index in [1.165, 1.54) is 10.5 Å². The lowest BCUT2D eigenvalue weighted by molar-refractivity contribution is -0.153. The van der Waals surface area contributed by atoms with Crippen molar-refractivity contribution >= 4 is 34.8 Å². The first-order valence-corrected chi connectivity index (χ1v) is 12.4. The summed E-state index contributed by atoms with van der Waals surface area (Å²) in [5.41, 5.74) is 2.07. The van der Waals surface area contributed by atoms with Gasteiger partial charge in [-0.2, -0.15) is 0 Å². The van der Waals surface area contributed by atoms with Gasteiger partial charge in [-0.3, -0.25) is 9.59 Å². The summed E-state index contributed by atoms with van der Waals surface area (Å²) in [6, 6.07) is 21.0. The number of thiophene rings is 1. The molecule has 1 unspecified atom stereocenters. The number of nitrogens with one attached hydrogen (secondary N) is 1. The summed E-state index contributed by atoms with van der Waals surface area (Å²) in [5.74, 6) is -1.44. The van der Waals surface area contributed by atoms with Crippen molar-refractivity contribution in [1.29, 1.82) is 0 Å². The Morgan fingerprint density at radius 2 is 1.79 bits per heavy atom. The number of aliphatic hydroxyl groups excluding tert-OH is 2. The smallest absolute Gasteiger partial charge is 0.255 e. The van der Waals surface area contributed by atoms with Gasteiger partial charge in [0.2, 0.25) is 0 Å². The molecule has 3 aromatic rings. The van der Waals surface area contributed by atoms with Gasteiger partial charge in [0.25, 0.3) is 11.8 Å². The molecule has 8 heteroatoms. The standard InChI is InChI=1S/C26H27ClN2O4S/c27-19-9-4-8-18(15-19)22-10-5-13-29(22)26(33)24(31)23(30)25(32)28-16-21-12-11-20(34-21)14-17-6-2-1-3-7-17/h1-4,6-9,11-12,15,22-24,30-31H,5,10,13-14,16H2,(H,28,32)/t22?,23-,24-/m1/s1. The zero-order valence-corrected chi connectivity index (χ0v) is 20.1. The fourth-order valence-corrected chi connectivity index (χ4v) is 5.42. The zero-order valence-electron chi connectivity index (χ0n) is 18.6. The Kier molecular flexibility index (Phi) is 8.00. The molecular weight excluding hydrogens is 472 g/mol. The molecule has 1 fully saturated rings. The van der Waals surface area contributed by atoms with Gasteiger partial charge in [0.1, 0.15) is 0 Å². The van der Waals surface area contributed by atoms with Crippen LogP contribution in [0.4, 0.5) is 0 Å². The molecule has 1 saturated heterocycles. The van der Waals surface area contributed by atoms with Crippen molar-refractivity contribution < 1.29 is 19.8 Å². The summed E-state index contributed by atoms with van der Waals surface area (Å²) in [6.45, 7) is 0.659. The van der Waals surface area contributed by atoms with Gasteiger partial charge in [-0.1, -0.05) is 54.1 Å². The molecule has 0 aliphatic carbocycles. The van der Waals surface area contributed by atoms with Crippen LogP contribution in [0.5, 0.6) is 0 Å². The molecule has 0 bridgehead atoms. The second-order valence-corrected chi connectivity index (χ2v) is 10.1. The third-order valence-electron chi connectivity index (χ3n) is 5.97. The van der Waals surface area contributed by atoms with Crippen LogP contribution < -0.4 is 5.32 Å². The second-order valence-electron chi connectivity index (χ2n) is 8.38. The van der Waals surface area contributed by atoms with Crippen LogP contribution >= 0.6 is 22.9 Å². The van der Waals surface area contributed by atoms with E-state index in [9.17, 15) is 19.8 Å². The van der Waals surface area contributed by atoms with Gasteiger partial charge >= 0.3 is 0 Å². The molecule has 178 valence electrons. The van der Waals surface area contributed by atoms with E-state index in [0.29, 0.717) is 11.6 Å². The molecule has 0 saturated carbocycles. The van der Waals surface area contributed by atoms with E-state index >= 15 is 0 Å². The van der Waals surface area contributed by atoms with Crippen molar-refractivity contribution in [3.05, 3.63) is 92.6 Å². The number of amides is 2. The van der Waals surface area contributed by atoms with E-state index in [0.717, 1.165) is 34.6 Å². The van der Waals surface area contributed by atoms with Crippen molar-refractivity contribution in [2.45, 2.75) is 44.1 Å². The predicted molar refractivity (Wildman–Crippen MR) is 133 cm³/mol. The molecule has 1 aromatic heterocycles. The van der Waals surface area contributed by atoms with Crippen LogP contribution in [0.1, 0.15) is 39.8 Å². The fraction of sp³-hybridized carbons (Fsp3) is 0.308. The number of hydrogen-bond donors (Lipinski definition) is 3. The summed E-state index contributed by atoms with van der Waals surface area (Å²) >= 11 is 7.66. The Balaban J connectivity index is 1.32. The van der Waals surface area contributed by atoms with Gasteiger partial charge in [-0.15, -0.1) is 11.3 Å². The highest BCUT2D eigenvalue weighted by atomic mass is 35.5. The van der Waals surface area contributed by atoms with E-state index in [1.807, 2.05) is 42.5 Å². The van der Waals surface area contributed by atoms with Crippen LogP contribution in [-0.4, -0.2) is 45.7 Å². The highest BCUT2D eigenvalue weighted by Gasteiger charge is 2.38. The van der Waals surface area contributed by atoms with Crippen LogP contribution in [0.2, 0.25) is 5.02 Å². The molecular formula is C26H27ClN2O4S. The molecule has 1 aliphatic rings. The predicted octanol–water partition coefficient (Wildman–Crippen LogP) is 3.69. The second kappa shape index (κ2) is 11.1. The molecule has 2 aromatic carbocycles. The summed E-state index contributed by atoms with van der Waals surface area (Å²) in [4.78, 5) is 29.0. The first kappa shape index (κ1) is 24.4. The molecule has 34 heavy (non-hydrogen) atoms. The lowest BCUT2D eigenvalue weighted by Crippen LogP contribution is -2.50. The van der Waals surface area contributed by atoms with E-state index in [-0.39, 0.29) is 12.6 Å². The van der Waals surface area contributed by atoms with Gasteiger partial charge in [0.05, 0.1) is 12.6 Å². The third-order valence-corrected chi connectivity index (χ3v) is 7.29. The van der Waals surface area contributed by atoms with Crippen molar-refractivity contribution in [2.24, 2.45) is 0 Å². The average Bonchev–Trinajstić information content (AvgIpc) is 3.51. The SMILES string of the molecule is O=C(NCc1ccc(Cc2ccccc2)s1)[C@H](O)[C@@H](O)C(=O)N1CCCC1c1cccc(Cl)c1. The van der Waals surface area contributed by atoms with Gasteiger partial charge in [-0.25, -0.2) is 0 Å². The van der Waals surface area contributed by atoms with Gasteiger partial charge in [-0.05, 0) is 48.2 Å². The van der Waals surface area contributed by atoms with Crippen LogP contribution in [0.3, 0.4) is 0 Å². The molecule has 0 radical (unpaired) electrons. The largest absolute Gasteiger partial charge is 0.380 e. The van der Waals surface area contributed by atoms with Crippen molar-refractivity contribution in [3.8, 4) is 0 Å². The Bertz CT molecular complexity index is 1140. The molecule has 6 nitrogen and oxygen atoms in total. The number of rotatable bonds is 8. The van der Waals surface area contributed by atoms with E-state index in [2.05, 4.69) is 17.4 Å². The van der Waals surface area contributed by atoms with Gasteiger partial charge < -0.3 is 20.4 Å². The number of aliphatic hydroxyl groups is 2. The van der Waals surface area contributed by atoms with E-state index in [4.69, 9.17) is 11.6 Å². The quantitative estimate of drug-likeness (QED) is 0.442. The molecule has 2 heterocycles. The molecule has 3 atom stereocenters. The number of carbonyl (C=O) groups excluding carboxylic acids is 2. The molecule has 4 rings (SSSR count). The highest BCUT2D eigenvalue weighted by Crippen LogP contribution is 2.33. The fourth-order valence-electron chi connectivity index (χ4n) is 4.23.